The lowest BCUT2D eigenvalue weighted by molar-refractivity contribution is -0.151. The molecule has 0 aromatic heterocycles. The summed E-state index contributed by atoms with van der Waals surface area (Å²) >= 11 is 0. The first-order valence-corrected chi connectivity index (χ1v) is 10.4. The molecule has 3 atom stereocenters. The van der Waals surface area contributed by atoms with Crippen molar-refractivity contribution in [3.05, 3.63) is 83.9 Å². The van der Waals surface area contributed by atoms with Crippen molar-refractivity contribution in [3.8, 4) is 0 Å². The number of hydrogen-bond acceptors (Lipinski definition) is 3. The predicted octanol–water partition coefficient (Wildman–Crippen LogP) is 3.57. The second-order valence-electron chi connectivity index (χ2n) is 8.05. The molecule has 2 aromatic rings. The van der Waals surface area contributed by atoms with Crippen molar-refractivity contribution >= 4 is 17.7 Å². The molecule has 0 N–H and O–H groups in total. The lowest BCUT2D eigenvalue weighted by atomic mass is 9.85. The van der Waals surface area contributed by atoms with E-state index in [0.717, 1.165) is 11.1 Å². The monoisotopic (exact) mass is 402 g/mol. The maximum Gasteiger partial charge on any atom is 0.246 e. The number of likely N-dealkylation sites (tertiary alicyclic amines) is 1. The van der Waals surface area contributed by atoms with Gasteiger partial charge in [-0.3, -0.25) is 19.3 Å². The van der Waals surface area contributed by atoms with Gasteiger partial charge in [-0.05, 0) is 30.9 Å². The first kappa shape index (κ1) is 20.1. The molecule has 4 rings (SSSR count). The van der Waals surface area contributed by atoms with E-state index in [-0.39, 0.29) is 35.6 Å². The van der Waals surface area contributed by atoms with Crippen LogP contribution in [0.5, 0.6) is 0 Å². The van der Waals surface area contributed by atoms with Crippen LogP contribution in [0.15, 0.2) is 72.8 Å². The molecular weight excluding hydrogens is 376 g/mol. The summed E-state index contributed by atoms with van der Waals surface area (Å²) in [6.07, 6.45) is 5.04. The molecule has 1 fully saturated rings. The fourth-order valence-corrected chi connectivity index (χ4v) is 4.65. The second kappa shape index (κ2) is 8.27. The van der Waals surface area contributed by atoms with E-state index in [9.17, 15) is 14.4 Å². The van der Waals surface area contributed by atoms with Crippen LogP contribution in [-0.4, -0.2) is 40.6 Å². The maximum atomic E-state index is 13.5. The fraction of sp³-hybridized carbons (Fsp3) is 0.320. The van der Waals surface area contributed by atoms with E-state index in [4.69, 9.17) is 0 Å². The number of carbonyl (C=O) groups is 3. The average Bonchev–Trinajstić information content (AvgIpc) is 3.04. The topological polar surface area (TPSA) is 57.7 Å². The molecule has 2 aliphatic rings. The molecule has 0 spiro atoms. The van der Waals surface area contributed by atoms with Gasteiger partial charge in [-0.2, -0.15) is 0 Å². The number of benzene rings is 2. The van der Waals surface area contributed by atoms with Crippen molar-refractivity contribution in [1.82, 2.24) is 9.80 Å². The van der Waals surface area contributed by atoms with Gasteiger partial charge < -0.3 is 4.90 Å². The summed E-state index contributed by atoms with van der Waals surface area (Å²) in [5.74, 6) is -1.36. The molecule has 2 aromatic carbocycles. The van der Waals surface area contributed by atoms with Gasteiger partial charge >= 0.3 is 0 Å². The van der Waals surface area contributed by atoms with Gasteiger partial charge in [-0.1, -0.05) is 72.8 Å². The van der Waals surface area contributed by atoms with E-state index in [0.29, 0.717) is 12.8 Å². The second-order valence-corrected chi connectivity index (χ2v) is 8.05. The van der Waals surface area contributed by atoms with Crippen LogP contribution in [-0.2, 0) is 14.4 Å². The number of amides is 3. The highest BCUT2D eigenvalue weighted by atomic mass is 16.2. The predicted molar refractivity (Wildman–Crippen MR) is 114 cm³/mol. The highest BCUT2D eigenvalue weighted by molar-refractivity contribution is 6.08. The van der Waals surface area contributed by atoms with Gasteiger partial charge in [-0.15, -0.1) is 0 Å². The lowest BCUT2D eigenvalue weighted by Crippen LogP contribution is -2.49. The quantitative estimate of drug-likeness (QED) is 0.567. The summed E-state index contributed by atoms with van der Waals surface area (Å²) in [6.45, 7) is 1.66. The van der Waals surface area contributed by atoms with E-state index >= 15 is 0 Å². The third-order valence-electron chi connectivity index (χ3n) is 6.25. The molecule has 5 nitrogen and oxygen atoms in total. The number of fused-ring (bicyclic) bond motifs is 1. The Hall–Kier alpha value is -3.21. The van der Waals surface area contributed by atoms with E-state index in [2.05, 4.69) is 0 Å². The van der Waals surface area contributed by atoms with Crippen LogP contribution in [0.1, 0.15) is 36.9 Å². The molecular formula is C25H26N2O3. The Morgan fingerprint density at radius 1 is 0.867 bits per heavy atom. The van der Waals surface area contributed by atoms with E-state index in [1.807, 2.05) is 72.8 Å². The highest BCUT2D eigenvalue weighted by Crippen LogP contribution is 2.37. The van der Waals surface area contributed by atoms with Gasteiger partial charge in [0.05, 0.1) is 17.9 Å². The van der Waals surface area contributed by atoms with Crippen molar-refractivity contribution in [3.63, 3.8) is 0 Å². The van der Waals surface area contributed by atoms with Crippen molar-refractivity contribution in [2.75, 3.05) is 7.05 Å². The molecule has 0 bridgehead atoms. The van der Waals surface area contributed by atoms with Crippen LogP contribution in [0.4, 0.5) is 0 Å². The van der Waals surface area contributed by atoms with Crippen molar-refractivity contribution in [1.29, 1.82) is 0 Å². The number of hydrogen-bond donors (Lipinski definition) is 0. The summed E-state index contributed by atoms with van der Waals surface area (Å²) in [7, 11) is 1.74. The largest absolute Gasteiger partial charge is 0.333 e. The van der Waals surface area contributed by atoms with Gasteiger partial charge in [0.2, 0.25) is 17.7 Å². The van der Waals surface area contributed by atoms with E-state index in [1.54, 1.807) is 18.9 Å². The molecule has 30 heavy (non-hydrogen) atoms. The third kappa shape index (κ3) is 3.45. The smallest absolute Gasteiger partial charge is 0.246 e. The summed E-state index contributed by atoms with van der Waals surface area (Å²) in [5.41, 5.74) is 1.95. The normalized spacial score (nSPS) is 21.6. The summed E-state index contributed by atoms with van der Waals surface area (Å²) in [5, 5.41) is 0. The Morgan fingerprint density at radius 3 is 1.73 bits per heavy atom. The first-order valence-electron chi connectivity index (χ1n) is 10.4. The number of rotatable bonds is 5. The average molecular weight is 402 g/mol. The zero-order valence-electron chi connectivity index (χ0n) is 17.3. The number of nitrogens with zero attached hydrogens (tertiary/aromatic N) is 2. The summed E-state index contributed by atoms with van der Waals surface area (Å²) in [6, 6.07) is 18.4. The molecule has 2 unspecified atom stereocenters. The van der Waals surface area contributed by atoms with Gasteiger partial charge in [0.15, 0.2) is 0 Å². The van der Waals surface area contributed by atoms with Gasteiger partial charge in [-0.25, -0.2) is 0 Å². The van der Waals surface area contributed by atoms with Crippen LogP contribution in [0.25, 0.3) is 0 Å². The van der Waals surface area contributed by atoms with Crippen LogP contribution in [0.3, 0.4) is 0 Å². The lowest BCUT2D eigenvalue weighted by Gasteiger charge is -2.33. The van der Waals surface area contributed by atoms with E-state index in [1.165, 1.54) is 4.90 Å². The SMILES string of the molecule is C[C@@H](C(=O)N(C)C(c1ccccc1)c1ccccc1)N1C(=O)C2CC=CCC2C1=O. The van der Waals surface area contributed by atoms with Crippen molar-refractivity contribution < 1.29 is 14.4 Å². The maximum absolute atomic E-state index is 13.5. The first-order chi connectivity index (χ1) is 14.5. The number of imide groups is 1. The number of likely N-dealkylation sites (N-methyl/N-ethyl adjacent to an activating group) is 1. The molecule has 0 radical (unpaired) electrons. The summed E-state index contributed by atoms with van der Waals surface area (Å²) < 4.78 is 0. The standard InChI is InChI=1S/C25H26N2O3/c1-17(27-24(29)20-15-9-10-16-21(20)25(27)30)23(28)26(2)22(18-11-5-3-6-12-18)19-13-7-4-8-14-19/h3-14,17,20-22H,15-16H2,1-2H3/t17-,20?,21?/m0/s1. The molecule has 3 amide bonds. The zero-order chi connectivity index (χ0) is 21.3. The van der Waals surface area contributed by atoms with E-state index < -0.39 is 6.04 Å². The minimum absolute atomic E-state index is 0.223. The molecule has 1 aliphatic carbocycles. The Kier molecular flexibility index (Phi) is 5.53. The number of allylic oxidation sites excluding steroid dienone is 2. The molecule has 0 saturated carbocycles. The Bertz CT molecular complexity index is 905. The zero-order valence-corrected chi connectivity index (χ0v) is 17.3. The molecule has 1 saturated heterocycles. The van der Waals surface area contributed by atoms with Crippen molar-refractivity contribution in [2.24, 2.45) is 11.8 Å². The molecule has 5 heteroatoms. The molecule has 1 heterocycles. The minimum atomic E-state index is -0.837. The third-order valence-corrected chi connectivity index (χ3v) is 6.25. The Labute approximate surface area is 177 Å². The number of carbonyl (C=O) groups excluding carboxylic acids is 3. The van der Waals surface area contributed by atoms with Gasteiger partial charge in [0.1, 0.15) is 6.04 Å². The Balaban J connectivity index is 1.62. The van der Waals surface area contributed by atoms with Gasteiger partial charge in [0.25, 0.3) is 0 Å². The molecule has 154 valence electrons. The van der Waals surface area contributed by atoms with Gasteiger partial charge in [0, 0.05) is 7.05 Å². The highest BCUT2D eigenvalue weighted by Gasteiger charge is 2.50. The van der Waals surface area contributed by atoms with Crippen LogP contribution < -0.4 is 0 Å². The summed E-state index contributed by atoms with van der Waals surface area (Å²) in [4.78, 5) is 42.2. The fourth-order valence-electron chi connectivity index (χ4n) is 4.65. The van der Waals surface area contributed by atoms with Crippen LogP contribution >= 0.6 is 0 Å². The molecule has 1 aliphatic heterocycles. The van der Waals surface area contributed by atoms with Crippen molar-refractivity contribution in [2.45, 2.75) is 31.8 Å². The van der Waals surface area contributed by atoms with Crippen LogP contribution in [0.2, 0.25) is 0 Å². The minimum Gasteiger partial charge on any atom is -0.333 e. The Morgan fingerprint density at radius 2 is 1.30 bits per heavy atom. The van der Waals surface area contributed by atoms with Crippen LogP contribution in [0, 0.1) is 11.8 Å².